The molecule has 2 atom stereocenters. The Kier molecular flexibility index (Phi) is 10.3. The van der Waals surface area contributed by atoms with Crippen LogP contribution in [0.25, 0.3) is 6.08 Å². The Hall–Kier alpha value is -3.80. The molecule has 1 fully saturated rings. The number of aliphatic carboxylic acids is 1. The first-order valence-corrected chi connectivity index (χ1v) is 14.4. The summed E-state index contributed by atoms with van der Waals surface area (Å²) in [5.41, 5.74) is 7.47. The predicted octanol–water partition coefficient (Wildman–Crippen LogP) is 2.68. The number of hydrogen-bond acceptors (Lipinski definition) is 6. The van der Waals surface area contributed by atoms with Gasteiger partial charge in [0.05, 0.1) is 22.3 Å². The second kappa shape index (κ2) is 13.9. The van der Waals surface area contributed by atoms with E-state index in [4.69, 9.17) is 28.9 Å². The minimum atomic E-state index is -1.30. The highest BCUT2D eigenvalue weighted by atomic mass is 35.5. The van der Waals surface area contributed by atoms with Crippen LogP contribution < -0.4 is 16.4 Å². The molecule has 2 amide bonds. The summed E-state index contributed by atoms with van der Waals surface area (Å²) in [5.74, 6) is -1.19. The van der Waals surface area contributed by atoms with Gasteiger partial charge in [-0.1, -0.05) is 48.3 Å². The number of nitrogens with zero attached hydrogens (tertiary/aromatic N) is 3. The van der Waals surface area contributed by atoms with Gasteiger partial charge >= 0.3 is 5.97 Å². The van der Waals surface area contributed by atoms with Gasteiger partial charge in [-0.05, 0) is 48.1 Å². The number of carboxylic acids is 1. The number of aliphatic imine (C=N–C) groups is 1. The molecule has 2 aromatic carbocycles. The van der Waals surface area contributed by atoms with Crippen LogP contribution in [-0.4, -0.2) is 82.6 Å². The van der Waals surface area contributed by atoms with Crippen molar-refractivity contribution in [2.75, 3.05) is 32.8 Å². The molecule has 11 nitrogen and oxygen atoms in total. The Morgan fingerprint density at radius 3 is 2.64 bits per heavy atom. The number of para-hydroxylation sites is 1. The summed E-state index contributed by atoms with van der Waals surface area (Å²) < 4.78 is 0. The lowest BCUT2D eigenvalue weighted by atomic mass is 9.96. The van der Waals surface area contributed by atoms with Crippen molar-refractivity contribution in [3.05, 3.63) is 68.7 Å². The van der Waals surface area contributed by atoms with Crippen LogP contribution in [0.3, 0.4) is 0 Å². The van der Waals surface area contributed by atoms with Crippen molar-refractivity contribution in [1.82, 2.24) is 20.4 Å². The van der Waals surface area contributed by atoms with Crippen molar-refractivity contribution in [2.24, 2.45) is 16.6 Å². The van der Waals surface area contributed by atoms with Crippen LogP contribution in [0.1, 0.15) is 40.4 Å². The van der Waals surface area contributed by atoms with Crippen LogP contribution >= 0.6 is 23.2 Å². The average molecular weight is 618 g/mol. The highest BCUT2D eigenvalue weighted by Gasteiger charge is 2.30. The molecule has 0 aliphatic carbocycles. The lowest BCUT2D eigenvalue weighted by Crippen LogP contribution is -2.51. The average Bonchev–Trinajstić information content (AvgIpc) is 3.39. The van der Waals surface area contributed by atoms with Gasteiger partial charge in [0.25, 0.3) is 5.91 Å². The number of aromatic hydroxyl groups is 1. The van der Waals surface area contributed by atoms with Gasteiger partial charge in [0.2, 0.25) is 5.91 Å². The van der Waals surface area contributed by atoms with E-state index in [1.54, 1.807) is 35.2 Å². The Bertz CT molecular complexity index is 1420. The smallest absolute Gasteiger partial charge is 0.328 e. The fourth-order valence-corrected chi connectivity index (χ4v) is 5.81. The summed E-state index contributed by atoms with van der Waals surface area (Å²) in [6, 6.07) is 6.97. The molecule has 2 aliphatic heterocycles. The first-order chi connectivity index (χ1) is 20.1. The number of nitrogens with two attached hydrogens (primary N) is 1. The molecule has 1 saturated heterocycles. The number of likely N-dealkylation sites (tertiary alicyclic amines) is 1. The lowest BCUT2D eigenvalue weighted by Gasteiger charge is -2.30. The summed E-state index contributed by atoms with van der Waals surface area (Å²) >= 11 is 13.1. The largest absolute Gasteiger partial charge is 0.507 e. The molecule has 13 heteroatoms. The van der Waals surface area contributed by atoms with Crippen LogP contribution in [0.2, 0.25) is 10.0 Å². The Balaban J connectivity index is 1.44. The van der Waals surface area contributed by atoms with Crippen molar-refractivity contribution < 1.29 is 24.6 Å². The van der Waals surface area contributed by atoms with E-state index in [9.17, 15) is 24.6 Å². The lowest BCUT2D eigenvalue weighted by molar-refractivity contribution is -0.139. The number of carboxylic acid groups (broad SMARTS) is 1. The highest BCUT2D eigenvalue weighted by molar-refractivity contribution is 6.40. The van der Waals surface area contributed by atoms with E-state index in [2.05, 4.69) is 22.5 Å². The van der Waals surface area contributed by atoms with Gasteiger partial charge in [0.15, 0.2) is 5.96 Å². The summed E-state index contributed by atoms with van der Waals surface area (Å²) in [6.45, 7) is 4.14. The van der Waals surface area contributed by atoms with E-state index in [1.807, 2.05) is 4.90 Å². The minimum absolute atomic E-state index is 0.0215. The molecule has 0 spiro atoms. The molecule has 6 N–H and O–H groups in total. The topological polar surface area (TPSA) is 161 Å². The van der Waals surface area contributed by atoms with E-state index < -0.39 is 17.9 Å². The molecule has 0 radical (unpaired) electrons. The third-order valence-corrected chi connectivity index (χ3v) is 8.03. The third-order valence-electron chi connectivity index (χ3n) is 7.32. The molecule has 224 valence electrons. The van der Waals surface area contributed by atoms with Crippen molar-refractivity contribution in [2.45, 2.75) is 32.4 Å². The molecule has 2 heterocycles. The number of rotatable bonds is 8. The monoisotopic (exact) mass is 616 g/mol. The van der Waals surface area contributed by atoms with Gasteiger partial charge in [0, 0.05) is 44.4 Å². The van der Waals surface area contributed by atoms with Gasteiger partial charge in [-0.25, -0.2) is 9.79 Å². The van der Waals surface area contributed by atoms with Crippen LogP contribution in [0.5, 0.6) is 5.75 Å². The maximum Gasteiger partial charge on any atom is 0.328 e. The van der Waals surface area contributed by atoms with E-state index >= 15 is 0 Å². The predicted molar refractivity (Wildman–Crippen MR) is 161 cm³/mol. The van der Waals surface area contributed by atoms with Crippen molar-refractivity contribution in [3.8, 4) is 5.75 Å². The van der Waals surface area contributed by atoms with Crippen LogP contribution in [0.4, 0.5) is 0 Å². The van der Waals surface area contributed by atoms with E-state index in [1.165, 1.54) is 12.1 Å². The van der Waals surface area contributed by atoms with Gasteiger partial charge in [0.1, 0.15) is 11.8 Å². The highest BCUT2D eigenvalue weighted by Crippen LogP contribution is 2.35. The number of fused-ring (bicyclic) bond motifs is 1. The number of amides is 2. The molecule has 4 rings (SSSR count). The zero-order valence-corrected chi connectivity index (χ0v) is 24.7. The quantitative estimate of drug-likeness (QED) is 0.172. The second-order valence-electron chi connectivity index (χ2n) is 10.3. The third kappa shape index (κ3) is 7.33. The number of halogens is 2. The normalized spacial score (nSPS) is 17.7. The summed E-state index contributed by atoms with van der Waals surface area (Å²) in [4.78, 5) is 46.0. The molecule has 42 heavy (non-hydrogen) atoms. The van der Waals surface area contributed by atoms with Gasteiger partial charge in [-0.3, -0.25) is 9.59 Å². The number of phenols is 1. The van der Waals surface area contributed by atoms with E-state index in [0.717, 1.165) is 19.5 Å². The number of carbonyl (C=O) groups excluding carboxylic acids is 2. The molecule has 0 unspecified atom stereocenters. The SMILES string of the molecule is C[C@H]1CCN(/C(=N\CN)NC[C@H](NC(=O)c2c(Cl)cc3c(c2Cl)CCN(C(=O)/C=C/c2ccccc2O)C3)C(=O)O)C1. The molecule has 2 aromatic rings. The van der Waals surface area contributed by atoms with Crippen molar-refractivity contribution in [3.63, 3.8) is 0 Å². The van der Waals surface area contributed by atoms with Gasteiger partial charge in [-0.2, -0.15) is 0 Å². The fraction of sp³-hybridized carbons (Fsp3) is 0.379. The summed E-state index contributed by atoms with van der Waals surface area (Å²) in [5, 5.41) is 25.4. The number of benzene rings is 2. The van der Waals surface area contributed by atoms with E-state index in [-0.39, 0.29) is 47.0 Å². The summed E-state index contributed by atoms with van der Waals surface area (Å²) in [6.07, 6.45) is 4.29. The zero-order chi connectivity index (χ0) is 30.4. The first-order valence-electron chi connectivity index (χ1n) is 13.6. The molecule has 0 bridgehead atoms. The maximum absolute atomic E-state index is 13.3. The number of guanidine groups is 1. The maximum atomic E-state index is 13.3. The Labute approximate surface area is 254 Å². The van der Waals surface area contributed by atoms with Gasteiger partial charge in [-0.15, -0.1) is 0 Å². The fourth-order valence-electron chi connectivity index (χ4n) is 5.05. The molecular formula is C29H34Cl2N6O5. The molecular weight excluding hydrogens is 583 g/mol. The standard InChI is InChI=1S/C29H34Cl2N6O5/c1-17-8-10-37(14-17)29(34-16-32)33-13-22(28(41)42)35-27(40)25-21(30)12-19-15-36(11-9-20(19)26(25)31)24(39)7-6-18-4-2-3-5-23(18)38/h2-7,12,17,22,38H,8-11,13-16,32H2,1H3,(H,33,34)(H,35,40)(H,41,42)/b7-6+/t17-,22-/m0/s1. The zero-order valence-electron chi connectivity index (χ0n) is 23.1. The summed E-state index contributed by atoms with van der Waals surface area (Å²) in [7, 11) is 0. The number of nitrogens with one attached hydrogen (secondary N) is 2. The Morgan fingerprint density at radius 2 is 1.98 bits per heavy atom. The van der Waals surface area contributed by atoms with E-state index in [0.29, 0.717) is 41.5 Å². The minimum Gasteiger partial charge on any atom is -0.507 e. The van der Waals surface area contributed by atoms with Gasteiger partial charge < -0.3 is 36.4 Å². The van der Waals surface area contributed by atoms with Crippen LogP contribution in [-0.2, 0) is 22.6 Å². The molecule has 2 aliphatic rings. The van der Waals surface area contributed by atoms with Crippen molar-refractivity contribution in [1.29, 1.82) is 0 Å². The number of hydrogen-bond donors (Lipinski definition) is 5. The van der Waals surface area contributed by atoms with Crippen molar-refractivity contribution >= 4 is 53.0 Å². The molecule has 0 aromatic heterocycles. The number of phenolic OH excluding ortho intramolecular Hbond substituents is 1. The first kappa shape index (κ1) is 31.1. The second-order valence-corrected chi connectivity index (χ2v) is 11.1. The molecule has 0 saturated carbocycles. The Morgan fingerprint density at radius 1 is 1.21 bits per heavy atom. The van der Waals surface area contributed by atoms with Crippen LogP contribution in [0.15, 0.2) is 41.4 Å². The number of carbonyl (C=O) groups is 3. The van der Waals surface area contributed by atoms with Crippen LogP contribution in [0, 0.1) is 5.92 Å².